The number of hydrogen-bond acceptors (Lipinski definition) is 7. The summed E-state index contributed by atoms with van der Waals surface area (Å²) in [5, 5.41) is 11.6. The Morgan fingerprint density at radius 1 is 1.11 bits per heavy atom. The van der Waals surface area contributed by atoms with Gasteiger partial charge in [-0.1, -0.05) is 40.2 Å². The molecule has 0 saturated heterocycles. The summed E-state index contributed by atoms with van der Waals surface area (Å²) in [7, 11) is 0. The minimum atomic E-state index is -1.97. The molecule has 0 bridgehead atoms. The van der Waals surface area contributed by atoms with E-state index in [0.717, 1.165) is 5.57 Å². The Morgan fingerprint density at radius 3 is 2.42 bits per heavy atom. The Hall–Kier alpha value is -2.09. The maximum Gasteiger partial charge on any atom is 0.306 e. The second-order valence-electron chi connectivity index (χ2n) is 11.8. The molecule has 3 fully saturated rings. The number of ketones is 2. The van der Waals surface area contributed by atoms with Gasteiger partial charge in [-0.15, -0.1) is 0 Å². The quantitative estimate of drug-likeness (QED) is 0.542. The lowest BCUT2D eigenvalue weighted by atomic mass is 9.43. The van der Waals surface area contributed by atoms with Crippen molar-refractivity contribution in [3.8, 4) is 0 Å². The van der Waals surface area contributed by atoms with Crippen molar-refractivity contribution < 1.29 is 38.1 Å². The van der Waals surface area contributed by atoms with Crippen molar-refractivity contribution in [1.29, 1.82) is 0 Å². The van der Waals surface area contributed by atoms with Crippen LogP contribution in [-0.4, -0.2) is 52.6 Å². The minimum absolute atomic E-state index is 0.00753. The van der Waals surface area contributed by atoms with Crippen LogP contribution in [0.5, 0.6) is 0 Å². The molecule has 0 unspecified atom stereocenters. The van der Waals surface area contributed by atoms with E-state index < -0.39 is 64.4 Å². The van der Waals surface area contributed by atoms with Gasteiger partial charge in [-0.3, -0.25) is 19.2 Å². The smallest absolute Gasteiger partial charge is 0.306 e. The molecule has 0 aliphatic heterocycles. The topological polar surface area (TPSA) is 107 Å². The Balaban J connectivity index is 1.79. The van der Waals surface area contributed by atoms with Crippen LogP contribution in [0.2, 0.25) is 0 Å². The summed E-state index contributed by atoms with van der Waals surface area (Å²) in [4.78, 5) is 50.4. The molecular weight excluding hydrogens is 467 g/mol. The predicted molar refractivity (Wildman–Crippen MR) is 128 cm³/mol. The number of carbonyl (C=O) groups is 4. The fourth-order valence-corrected chi connectivity index (χ4v) is 8.37. The summed E-state index contributed by atoms with van der Waals surface area (Å²) in [6.07, 6.45) is 2.24. The fraction of sp³-hybridized carbons (Fsp3) is 0.786. The number of aliphatic hydroxyl groups excluding tert-OH is 1. The van der Waals surface area contributed by atoms with Crippen LogP contribution in [0.15, 0.2) is 11.6 Å². The number of halogens is 1. The van der Waals surface area contributed by atoms with E-state index in [1.165, 1.54) is 0 Å². The first-order chi connectivity index (χ1) is 16.8. The lowest BCUT2D eigenvalue weighted by Crippen LogP contribution is -2.70. The number of rotatable bonds is 6. The molecule has 0 heterocycles. The summed E-state index contributed by atoms with van der Waals surface area (Å²) in [6, 6.07) is 0. The van der Waals surface area contributed by atoms with Gasteiger partial charge in [-0.25, -0.2) is 4.39 Å². The first kappa shape index (κ1) is 27.0. The van der Waals surface area contributed by atoms with Gasteiger partial charge in [0, 0.05) is 41.9 Å². The standard InChI is InChI=1S/C28H39FO7/c1-6-23(33)35-15-22(32)28(36-24(34)7-2)16(3)12-20-19-9-8-17-13-18(30)10-11-25(17,4)27(19,29)21(31)14-26(20,28)5/h13,16,19-21,31H,6-12,14-15H2,1-5H3/t16-,19-,20-,21-,25-,26-,27-,28-/m0/s1. The van der Waals surface area contributed by atoms with Crippen LogP contribution in [0.25, 0.3) is 0 Å². The largest absolute Gasteiger partial charge is 0.457 e. The van der Waals surface area contributed by atoms with Crippen molar-refractivity contribution in [2.75, 3.05) is 6.61 Å². The maximum absolute atomic E-state index is 17.4. The number of alkyl halides is 1. The lowest BCUT2D eigenvalue weighted by molar-refractivity contribution is -0.235. The molecule has 0 aromatic heterocycles. The van der Waals surface area contributed by atoms with Gasteiger partial charge >= 0.3 is 11.9 Å². The molecule has 3 saturated carbocycles. The van der Waals surface area contributed by atoms with Gasteiger partial charge in [-0.2, -0.15) is 0 Å². The Morgan fingerprint density at radius 2 is 1.78 bits per heavy atom. The highest BCUT2D eigenvalue weighted by molar-refractivity contribution is 5.94. The molecule has 4 rings (SSSR count). The van der Waals surface area contributed by atoms with Crippen LogP contribution in [0.1, 0.15) is 86.0 Å². The van der Waals surface area contributed by atoms with E-state index in [4.69, 9.17) is 9.47 Å². The molecule has 4 aliphatic rings. The van der Waals surface area contributed by atoms with Crippen molar-refractivity contribution in [3.63, 3.8) is 0 Å². The first-order valence-corrected chi connectivity index (χ1v) is 13.3. The third-order valence-electron chi connectivity index (χ3n) is 10.2. The van der Waals surface area contributed by atoms with Crippen molar-refractivity contribution in [3.05, 3.63) is 11.6 Å². The van der Waals surface area contributed by atoms with Crippen LogP contribution in [0.4, 0.5) is 4.39 Å². The van der Waals surface area contributed by atoms with Crippen molar-refractivity contribution in [2.45, 2.75) is 103 Å². The molecular formula is C28H39FO7. The number of carbonyl (C=O) groups excluding carboxylic acids is 4. The number of hydrogen-bond donors (Lipinski definition) is 1. The SMILES string of the molecule is CCC(=O)OCC(=O)[C@@]1(OC(=O)CC)[C@@H](C)C[C@H]2[C@@H]3CCC4=CC(=O)CC[C@]4(C)[C@@]3(F)[C@@H](O)C[C@@]21C. The summed E-state index contributed by atoms with van der Waals surface area (Å²) in [5.74, 6) is -2.99. The molecule has 7 nitrogen and oxygen atoms in total. The molecule has 0 radical (unpaired) electrons. The number of aliphatic hydroxyl groups is 1. The van der Waals surface area contributed by atoms with E-state index in [0.29, 0.717) is 25.7 Å². The summed E-state index contributed by atoms with van der Waals surface area (Å²) >= 11 is 0. The summed E-state index contributed by atoms with van der Waals surface area (Å²) < 4.78 is 28.6. The monoisotopic (exact) mass is 506 g/mol. The molecule has 8 atom stereocenters. The van der Waals surface area contributed by atoms with Crippen molar-refractivity contribution in [2.24, 2.45) is 28.6 Å². The van der Waals surface area contributed by atoms with Crippen LogP contribution in [0, 0.1) is 28.6 Å². The van der Waals surface area contributed by atoms with E-state index in [-0.39, 0.29) is 37.4 Å². The van der Waals surface area contributed by atoms with Gasteiger partial charge in [0.15, 0.2) is 18.0 Å². The normalized spacial score (nSPS) is 43.5. The lowest BCUT2D eigenvalue weighted by Gasteiger charge is -2.63. The summed E-state index contributed by atoms with van der Waals surface area (Å²) in [5.41, 5.74) is -4.86. The second kappa shape index (κ2) is 9.03. The van der Waals surface area contributed by atoms with Crippen LogP contribution >= 0.6 is 0 Å². The van der Waals surface area contributed by atoms with E-state index in [1.807, 2.05) is 20.8 Å². The van der Waals surface area contributed by atoms with E-state index in [2.05, 4.69) is 0 Å². The van der Waals surface area contributed by atoms with Crippen LogP contribution in [0.3, 0.4) is 0 Å². The minimum Gasteiger partial charge on any atom is -0.457 e. The molecule has 200 valence electrons. The van der Waals surface area contributed by atoms with Crippen LogP contribution in [-0.2, 0) is 28.7 Å². The molecule has 0 amide bonds. The third kappa shape index (κ3) is 3.46. The second-order valence-corrected chi connectivity index (χ2v) is 11.8. The highest BCUT2D eigenvalue weighted by Gasteiger charge is 2.77. The van der Waals surface area contributed by atoms with Gasteiger partial charge in [0.1, 0.15) is 5.67 Å². The average Bonchev–Trinajstić information content (AvgIpc) is 3.05. The fourth-order valence-electron chi connectivity index (χ4n) is 8.37. The predicted octanol–water partition coefficient (Wildman–Crippen LogP) is 4.04. The van der Waals surface area contributed by atoms with Crippen molar-refractivity contribution in [1.82, 2.24) is 0 Å². The zero-order valence-corrected chi connectivity index (χ0v) is 22.0. The zero-order valence-electron chi connectivity index (χ0n) is 22.0. The van der Waals surface area contributed by atoms with Gasteiger partial charge in [0.05, 0.1) is 6.10 Å². The van der Waals surface area contributed by atoms with Crippen molar-refractivity contribution >= 4 is 23.5 Å². The third-order valence-corrected chi connectivity index (χ3v) is 10.2. The molecule has 0 spiro atoms. The van der Waals surface area contributed by atoms with Crippen LogP contribution < -0.4 is 0 Å². The van der Waals surface area contributed by atoms with E-state index in [9.17, 15) is 24.3 Å². The number of allylic oxidation sites excluding steroid dienone is 1. The van der Waals surface area contributed by atoms with Gasteiger partial charge in [0.2, 0.25) is 5.78 Å². The maximum atomic E-state index is 17.4. The van der Waals surface area contributed by atoms with Gasteiger partial charge < -0.3 is 14.6 Å². The zero-order chi connectivity index (χ0) is 26.7. The summed E-state index contributed by atoms with van der Waals surface area (Å²) in [6.45, 7) is 8.20. The number of fused-ring (bicyclic) bond motifs is 5. The molecule has 36 heavy (non-hydrogen) atoms. The van der Waals surface area contributed by atoms with Gasteiger partial charge in [0.25, 0.3) is 0 Å². The average molecular weight is 507 g/mol. The van der Waals surface area contributed by atoms with Gasteiger partial charge in [-0.05, 0) is 44.1 Å². The number of Topliss-reactive ketones (excluding diaryl/α,β-unsaturated/α-hetero) is 1. The molecule has 0 aromatic carbocycles. The first-order valence-electron chi connectivity index (χ1n) is 13.3. The Bertz CT molecular complexity index is 1010. The molecule has 4 aliphatic carbocycles. The van der Waals surface area contributed by atoms with E-state index in [1.54, 1.807) is 19.9 Å². The molecule has 8 heteroatoms. The highest BCUT2D eigenvalue weighted by atomic mass is 19.1. The Kier molecular flexibility index (Phi) is 6.76. The number of esters is 2. The highest BCUT2D eigenvalue weighted by Crippen LogP contribution is 2.72. The number of ether oxygens (including phenoxy) is 2. The van der Waals surface area contributed by atoms with E-state index >= 15 is 4.39 Å². The Labute approximate surface area is 212 Å². The molecule has 0 aromatic rings. The molecule has 1 N–H and O–H groups in total.